The van der Waals surface area contributed by atoms with Crippen LogP contribution in [0.3, 0.4) is 0 Å². The van der Waals surface area contributed by atoms with Gasteiger partial charge in [0.2, 0.25) is 0 Å². The molecule has 0 amide bonds. The Kier molecular flexibility index (Phi) is 8.76. The molecule has 0 aliphatic rings. The molecular formula is C18H28O3. The number of Topliss-reactive ketones (excluding diaryl/α,β-unsaturated/α-hetero) is 1. The molecule has 0 saturated heterocycles. The van der Waals surface area contributed by atoms with Crippen LogP contribution in [0.15, 0.2) is 18.2 Å². The van der Waals surface area contributed by atoms with E-state index < -0.39 is 0 Å². The Labute approximate surface area is 128 Å². The molecule has 1 aromatic carbocycles. The van der Waals surface area contributed by atoms with Gasteiger partial charge in [-0.05, 0) is 31.0 Å². The summed E-state index contributed by atoms with van der Waals surface area (Å²) in [5.74, 6) is 0.612. The van der Waals surface area contributed by atoms with Crippen LogP contribution < -0.4 is 4.74 Å². The fourth-order valence-electron chi connectivity index (χ4n) is 2.26. The normalized spacial score (nSPS) is 10.6. The second kappa shape index (κ2) is 10.4. The highest BCUT2D eigenvalue weighted by molar-refractivity contribution is 5.99. The molecule has 3 nitrogen and oxygen atoms in total. The molecule has 3 heteroatoms. The summed E-state index contributed by atoms with van der Waals surface area (Å²) in [5, 5.41) is 0. The zero-order valence-electron chi connectivity index (χ0n) is 13.6. The van der Waals surface area contributed by atoms with Gasteiger partial charge in [0.1, 0.15) is 12.4 Å². The number of hydrogen-bond donors (Lipinski definition) is 0. The molecule has 0 aliphatic carbocycles. The molecule has 0 aliphatic heterocycles. The maximum absolute atomic E-state index is 12.1. The van der Waals surface area contributed by atoms with Crippen molar-refractivity contribution >= 4 is 5.78 Å². The Bertz CT molecular complexity index is 426. The van der Waals surface area contributed by atoms with E-state index in [0.717, 1.165) is 12.0 Å². The first-order chi connectivity index (χ1) is 10.2. The van der Waals surface area contributed by atoms with E-state index in [4.69, 9.17) is 9.47 Å². The second-order valence-corrected chi connectivity index (χ2v) is 5.45. The summed E-state index contributed by atoms with van der Waals surface area (Å²) in [4.78, 5) is 12.1. The number of ketones is 1. The van der Waals surface area contributed by atoms with Gasteiger partial charge >= 0.3 is 0 Å². The van der Waals surface area contributed by atoms with Crippen molar-refractivity contribution in [2.24, 2.45) is 0 Å². The van der Waals surface area contributed by atoms with Gasteiger partial charge in [-0.1, -0.05) is 45.1 Å². The molecular weight excluding hydrogens is 264 g/mol. The number of rotatable bonds is 11. The highest BCUT2D eigenvalue weighted by atomic mass is 16.5. The van der Waals surface area contributed by atoms with Crippen molar-refractivity contribution in [3.05, 3.63) is 29.3 Å². The molecule has 118 valence electrons. The monoisotopic (exact) mass is 292 g/mol. The van der Waals surface area contributed by atoms with E-state index in [1.807, 2.05) is 25.1 Å². The van der Waals surface area contributed by atoms with Crippen molar-refractivity contribution in [2.75, 3.05) is 20.3 Å². The Morgan fingerprint density at radius 1 is 1.10 bits per heavy atom. The molecule has 0 radical (unpaired) electrons. The lowest BCUT2D eigenvalue weighted by atomic mass is 10.1. The molecule has 0 spiro atoms. The van der Waals surface area contributed by atoms with Crippen LogP contribution in [-0.4, -0.2) is 26.1 Å². The standard InChI is InChI=1S/C18H28O3/c1-4-5-6-7-8-9-12-21-14-17(19)16-11-10-15(2)13-18(16)20-3/h10-11,13H,4-9,12,14H2,1-3H3. The number of ether oxygens (including phenoxy) is 2. The van der Waals surface area contributed by atoms with Crippen molar-refractivity contribution < 1.29 is 14.3 Å². The number of benzene rings is 1. The Hall–Kier alpha value is -1.35. The quantitative estimate of drug-likeness (QED) is 0.443. The molecule has 1 rings (SSSR count). The van der Waals surface area contributed by atoms with Crippen LogP contribution in [0.5, 0.6) is 5.75 Å². The summed E-state index contributed by atoms with van der Waals surface area (Å²) >= 11 is 0. The largest absolute Gasteiger partial charge is 0.496 e. The predicted molar refractivity (Wildman–Crippen MR) is 86.3 cm³/mol. The van der Waals surface area contributed by atoms with Crippen LogP contribution in [0.2, 0.25) is 0 Å². The number of carbonyl (C=O) groups excluding carboxylic acids is 1. The summed E-state index contributed by atoms with van der Waals surface area (Å²) in [6.45, 7) is 4.99. The van der Waals surface area contributed by atoms with E-state index in [1.54, 1.807) is 7.11 Å². The van der Waals surface area contributed by atoms with Gasteiger partial charge in [0.25, 0.3) is 0 Å². The molecule has 0 atom stereocenters. The molecule has 0 heterocycles. The number of unbranched alkanes of at least 4 members (excludes halogenated alkanes) is 5. The SMILES string of the molecule is CCCCCCCCOCC(=O)c1ccc(C)cc1OC. The van der Waals surface area contributed by atoms with Gasteiger partial charge in [-0.25, -0.2) is 0 Å². The molecule has 0 N–H and O–H groups in total. The summed E-state index contributed by atoms with van der Waals surface area (Å²) in [6, 6.07) is 5.61. The van der Waals surface area contributed by atoms with Crippen molar-refractivity contribution in [1.82, 2.24) is 0 Å². The maximum Gasteiger partial charge on any atom is 0.192 e. The van der Waals surface area contributed by atoms with E-state index in [9.17, 15) is 4.79 Å². The van der Waals surface area contributed by atoms with Crippen LogP contribution in [-0.2, 0) is 4.74 Å². The molecule has 0 unspecified atom stereocenters. The van der Waals surface area contributed by atoms with Crippen LogP contribution in [0.25, 0.3) is 0 Å². The number of aryl methyl sites for hydroxylation is 1. The van der Waals surface area contributed by atoms with E-state index in [-0.39, 0.29) is 12.4 Å². The zero-order valence-corrected chi connectivity index (χ0v) is 13.6. The maximum atomic E-state index is 12.1. The molecule has 0 fully saturated rings. The lowest BCUT2D eigenvalue weighted by molar-refractivity contribution is 0.0749. The van der Waals surface area contributed by atoms with Crippen molar-refractivity contribution in [2.45, 2.75) is 52.4 Å². The minimum absolute atomic E-state index is 0.0159. The molecule has 0 bridgehead atoms. The first-order valence-corrected chi connectivity index (χ1v) is 7.94. The average molecular weight is 292 g/mol. The molecule has 0 aromatic heterocycles. The molecule has 0 saturated carbocycles. The lowest BCUT2D eigenvalue weighted by Gasteiger charge is -2.09. The second-order valence-electron chi connectivity index (χ2n) is 5.45. The summed E-state index contributed by atoms with van der Waals surface area (Å²) in [7, 11) is 1.59. The van der Waals surface area contributed by atoms with Crippen LogP contribution in [0, 0.1) is 6.92 Å². The van der Waals surface area contributed by atoms with Crippen molar-refractivity contribution in [3.8, 4) is 5.75 Å². The number of carbonyl (C=O) groups is 1. The fourth-order valence-corrected chi connectivity index (χ4v) is 2.26. The highest BCUT2D eigenvalue weighted by Crippen LogP contribution is 2.20. The Morgan fingerprint density at radius 3 is 2.52 bits per heavy atom. The van der Waals surface area contributed by atoms with Gasteiger partial charge in [0, 0.05) is 6.61 Å². The average Bonchev–Trinajstić information content (AvgIpc) is 2.49. The van der Waals surface area contributed by atoms with E-state index in [0.29, 0.717) is 17.9 Å². The van der Waals surface area contributed by atoms with E-state index >= 15 is 0 Å². The smallest absolute Gasteiger partial charge is 0.192 e. The summed E-state index contributed by atoms with van der Waals surface area (Å²) < 4.78 is 10.7. The minimum Gasteiger partial charge on any atom is -0.496 e. The Morgan fingerprint density at radius 2 is 1.81 bits per heavy atom. The van der Waals surface area contributed by atoms with Crippen molar-refractivity contribution in [1.29, 1.82) is 0 Å². The first kappa shape index (κ1) is 17.7. The van der Waals surface area contributed by atoms with E-state index in [1.165, 1.54) is 32.1 Å². The summed E-state index contributed by atoms with van der Waals surface area (Å²) in [6.07, 6.45) is 7.35. The fraction of sp³-hybridized carbons (Fsp3) is 0.611. The summed E-state index contributed by atoms with van der Waals surface area (Å²) in [5.41, 5.74) is 1.68. The van der Waals surface area contributed by atoms with Gasteiger partial charge in [0.15, 0.2) is 5.78 Å². The number of methoxy groups -OCH3 is 1. The minimum atomic E-state index is -0.0159. The third-order valence-electron chi connectivity index (χ3n) is 3.53. The van der Waals surface area contributed by atoms with Crippen LogP contribution in [0.4, 0.5) is 0 Å². The van der Waals surface area contributed by atoms with Gasteiger partial charge in [-0.3, -0.25) is 4.79 Å². The van der Waals surface area contributed by atoms with Crippen molar-refractivity contribution in [3.63, 3.8) is 0 Å². The predicted octanol–water partition coefficient (Wildman–Crippen LogP) is 4.56. The van der Waals surface area contributed by atoms with Gasteiger partial charge in [-0.15, -0.1) is 0 Å². The van der Waals surface area contributed by atoms with E-state index in [2.05, 4.69) is 6.92 Å². The van der Waals surface area contributed by atoms with Gasteiger partial charge in [-0.2, -0.15) is 0 Å². The highest BCUT2D eigenvalue weighted by Gasteiger charge is 2.12. The third-order valence-corrected chi connectivity index (χ3v) is 3.53. The van der Waals surface area contributed by atoms with Gasteiger partial charge < -0.3 is 9.47 Å². The first-order valence-electron chi connectivity index (χ1n) is 7.94. The number of hydrogen-bond acceptors (Lipinski definition) is 3. The van der Waals surface area contributed by atoms with Gasteiger partial charge in [0.05, 0.1) is 12.7 Å². The van der Waals surface area contributed by atoms with Crippen LogP contribution >= 0.6 is 0 Å². The topological polar surface area (TPSA) is 35.5 Å². The zero-order chi connectivity index (χ0) is 15.5. The van der Waals surface area contributed by atoms with Crippen LogP contribution in [0.1, 0.15) is 61.4 Å². The Balaban J connectivity index is 2.25. The lowest BCUT2D eigenvalue weighted by Crippen LogP contribution is -2.11. The third kappa shape index (κ3) is 6.76. The molecule has 1 aromatic rings. The molecule has 21 heavy (non-hydrogen) atoms.